The summed E-state index contributed by atoms with van der Waals surface area (Å²) < 4.78 is 27.6. The zero-order valence-corrected chi connectivity index (χ0v) is 14.1. The standard InChI is InChI=1S/C15H12BrF2NO2S/c1-7-5-8(22-2)3-4-11(7)19-14-9(15(20)21)6-10(16)12(17)13(14)18/h3-6,19H,1-2H3,(H,20,21). The van der Waals surface area contributed by atoms with Crippen molar-refractivity contribution in [1.29, 1.82) is 0 Å². The van der Waals surface area contributed by atoms with Gasteiger partial charge in [0, 0.05) is 10.6 Å². The van der Waals surface area contributed by atoms with Crippen LogP contribution >= 0.6 is 27.7 Å². The van der Waals surface area contributed by atoms with Crippen LogP contribution in [-0.2, 0) is 0 Å². The van der Waals surface area contributed by atoms with Crippen LogP contribution in [0.1, 0.15) is 15.9 Å². The maximum Gasteiger partial charge on any atom is 0.337 e. The van der Waals surface area contributed by atoms with Crippen LogP contribution in [0, 0.1) is 18.6 Å². The third-order valence-corrected chi connectivity index (χ3v) is 4.39. The van der Waals surface area contributed by atoms with E-state index in [1.54, 1.807) is 24.8 Å². The predicted molar refractivity (Wildman–Crippen MR) is 87.3 cm³/mol. The van der Waals surface area contributed by atoms with Gasteiger partial charge in [-0.2, -0.15) is 0 Å². The molecule has 0 saturated heterocycles. The summed E-state index contributed by atoms with van der Waals surface area (Å²) >= 11 is 4.36. The van der Waals surface area contributed by atoms with E-state index >= 15 is 0 Å². The molecule has 7 heteroatoms. The van der Waals surface area contributed by atoms with E-state index in [-0.39, 0.29) is 10.0 Å². The molecule has 0 bridgehead atoms. The van der Waals surface area contributed by atoms with Crippen LogP contribution in [0.2, 0.25) is 0 Å². The third kappa shape index (κ3) is 3.25. The van der Waals surface area contributed by atoms with Gasteiger partial charge in [-0.05, 0) is 58.9 Å². The number of thioether (sulfide) groups is 1. The van der Waals surface area contributed by atoms with Crippen molar-refractivity contribution in [2.24, 2.45) is 0 Å². The molecule has 0 unspecified atom stereocenters. The molecule has 0 aliphatic heterocycles. The van der Waals surface area contributed by atoms with Crippen LogP contribution in [0.4, 0.5) is 20.2 Å². The molecule has 0 saturated carbocycles. The quantitative estimate of drug-likeness (QED) is 0.559. The van der Waals surface area contributed by atoms with Crippen molar-refractivity contribution in [2.75, 3.05) is 11.6 Å². The second-order valence-electron chi connectivity index (χ2n) is 4.52. The average Bonchev–Trinajstić information content (AvgIpc) is 2.48. The van der Waals surface area contributed by atoms with Crippen molar-refractivity contribution >= 4 is 45.0 Å². The molecule has 0 radical (unpaired) electrons. The largest absolute Gasteiger partial charge is 0.478 e. The van der Waals surface area contributed by atoms with Gasteiger partial charge in [0.05, 0.1) is 15.7 Å². The maximum absolute atomic E-state index is 14.1. The third-order valence-electron chi connectivity index (χ3n) is 3.09. The smallest absolute Gasteiger partial charge is 0.337 e. The highest BCUT2D eigenvalue weighted by molar-refractivity contribution is 9.10. The Morgan fingerprint density at radius 2 is 1.95 bits per heavy atom. The first-order valence-corrected chi connectivity index (χ1v) is 8.19. The first-order valence-electron chi connectivity index (χ1n) is 6.17. The van der Waals surface area contributed by atoms with Gasteiger partial charge in [-0.3, -0.25) is 0 Å². The minimum absolute atomic E-state index is 0.234. The molecular formula is C15H12BrF2NO2S. The summed E-state index contributed by atoms with van der Waals surface area (Å²) in [7, 11) is 0. The summed E-state index contributed by atoms with van der Waals surface area (Å²) in [5.41, 5.74) is 0.569. The summed E-state index contributed by atoms with van der Waals surface area (Å²) in [4.78, 5) is 12.3. The van der Waals surface area contributed by atoms with Crippen LogP contribution in [-0.4, -0.2) is 17.3 Å². The maximum atomic E-state index is 14.1. The number of benzene rings is 2. The molecule has 2 N–H and O–H groups in total. The minimum atomic E-state index is -1.35. The summed E-state index contributed by atoms with van der Waals surface area (Å²) in [5, 5.41) is 11.9. The second kappa shape index (κ2) is 6.66. The van der Waals surface area contributed by atoms with Crippen molar-refractivity contribution in [1.82, 2.24) is 0 Å². The lowest BCUT2D eigenvalue weighted by molar-refractivity contribution is 0.0697. The number of halogens is 3. The molecule has 0 aliphatic carbocycles. The summed E-state index contributed by atoms with van der Waals surface area (Å²) in [5.74, 6) is -3.72. The number of aryl methyl sites for hydroxylation is 1. The van der Waals surface area contributed by atoms with Crippen LogP contribution in [0.3, 0.4) is 0 Å². The fourth-order valence-corrected chi connectivity index (χ4v) is 2.83. The van der Waals surface area contributed by atoms with E-state index in [0.29, 0.717) is 5.69 Å². The lowest BCUT2D eigenvalue weighted by Crippen LogP contribution is -2.08. The van der Waals surface area contributed by atoms with Crippen molar-refractivity contribution in [3.63, 3.8) is 0 Å². The SMILES string of the molecule is CSc1ccc(Nc2c(C(=O)O)cc(Br)c(F)c2F)c(C)c1. The summed E-state index contributed by atoms with van der Waals surface area (Å²) in [6.45, 7) is 1.80. The van der Waals surface area contributed by atoms with Crippen molar-refractivity contribution in [2.45, 2.75) is 11.8 Å². The molecule has 3 nitrogen and oxygen atoms in total. The number of carboxylic acids is 1. The van der Waals surface area contributed by atoms with E-state index in [1.165, 1.54) is 0 Å². The number of rotatable bonds is 4. The van der Waals surface area contributed by atoms with Crippen LogP contribution in [0.5, 0.6) is 0 Å². The number of hydrogen-bond donors (Lipinski definition) is 2. The van der Waals surface area contributed by atoms with E-state index in [2.05, 4.69) is 21.2 Å². The van der Waals surface area contributed by atoms with Crippen LogP contribution in [0.25, 0.3) is 0 Å². The molecule has 0 fully saturated rings. The van der Waals surface area contributed by atoms with Crippen molar-refractivity contribution in [3.05, 3.63) is 51.5 Å². The molecule has 0 aliphatic rings. The van der Waals surface area contributed by atoms with Gasteiger partial charge in [-0.1, -0.05) is 0 Å². The topological polar surface area (TPSA) is 49.3 Å². The molecule has 2 rings (SSSR count). The molecule has 0 atom stereocenters. The molecular weight excluding hydrogens is 376 g/mol. The first kappa shape index (κ1) is 16.8. The van der Waals surface area contributed by atoms with E-state index in [4.69, 9.17) is 0 Å². The Balaban J connectivity index is 2.53. The van der Waals surface area contributed by atoms with E-state index in [0.717, 1.165) is 16.5 Å². The number of nitrogens with one attached hydrogen (secondary N) is 1. The van der Waals surface area contributed by atoms with E-state index in [9.17, 15) is 18.7 Å². The molecule has 22 heavy (non-hydrogen) atoms. The summed E-state index contributed by atoms with van der Waals surface area (Å²) in [6.07, 6.45) is 1.92. The number of carboxylic acid groups (broad SMARTS) is 1. The predicted octanol–water partition coefficient (Wildman–Crippen LogP) is 5.20. The van der Waals surface area contributed by atoms with E-state index in [1.807, 2.05) is 18.4 Å². The van der Waals surface area contributed by atoms with Crippen LogP contribution < -0.4 is 5.32 Å². The average molecular weight is 388 g/mol. The van der Waals surface area contributed by atoms with Crippen LogP contribution in [0.15, 0.2) is 33.6 Å². The highest BCUT2D eigenvalue weighted by atomic mass is 79.9. The van der Waals surface area contributed by atoms with E-state index < -0.39 is 23.3 Å². The fraction of sp³-hybridized carbons (Fsp3) is 0.133. The lowest BCUT2D eigenvalue weighted by atomic mass is 10.1. The Morgan fingerprint density at radius 3 is 2.50 bits per heavy atom. The second-order valence-corrected chi connectivity index (χ2v) is 6.25. The fourth-order valence-electron chi connectivity index (χ4n) is 1.92. The Bertz CT molecular complexity index is 753. The lowest BCUT2D eigenvalue weighted by Gasteiger charge is -2.14. The molecule has 0 spiro atoms. The van der Waals surface area contributed by atoms with Gasteiger partial charge in [0.25, 0.3) is 0 Å². The van der Waals surface area contributed by atoms with Crippen molar-refractivity contribution < 1.29 is 18.7 Å². The van der Waals surface area contributed by atoms with Gasteiger partial charge in [0.1, 0.15) is 0 Å². The number of aromatic carboxylic acids is 1. The van der Waals surface area contributed by atoms with Gasteiger partial charge in [0.2, 0.25) is 0 Å². The zero-order chi connectivity index (χ0) is 16.4. The van der Waals surface area contributed by atoms with Gasteiger partial charge >= 0.3 is 5.97 Å². The molecule has 0 heterocycles. The molecule has 2 aromatic rings. The first-order chi connectivity index (χ1) is 10.3. The molecule has 2 aromatic carbocycles. The Labute approximate surface area is 138 Å². The monoisotopic (exact) mass is 387 g/mol. The van der Waals surface area contributed by atoms with Gasteiger partial charge < -0.3 is 10.4 Å². The zero-order valence-electron chi connectivity index (χ0n) is 11.7. The Kier molecular flexibility index (Phi) is 5.08. The Hall–Kier alpha value is -1.60. The Morgan fingerprint density at radius 1 is 1.27 bits per heavy atom. The molecule has 0 amide bonds. The number of carbonyl (C=O) groups is 1. The number of hydrogen-bond acceptors (Lipinski definition) is 3. The van der Waals surface area contributed by atoms with Gasteiger partial charge in [-0.25, -0.2) is 13.6 Å². The molecule has 116 valence electrons. The van der Waals surface area contributed by atoms with Gasteiger partial charge in [0.15, 0.2) is 11.6 Å². The summed E-state index contributed by atoms with van der Waals surface area (Å²) in [6, 6.07) is 6.43. The highest BCUT2D eigenvalue weighted by Crippen LogP contribution is 2.33. The van der Waals surface area contributed by atoms with Crippen molar-refractivity contribution in [3.8, 4) is 0 Å². The van der Waals surface area contributed by atoms with Gasteiger partial charge in [-0.15, -0.1) is 11.8 Å². The highest BCUT2D eigenvalue weighted by Gasteiger charge is 2.22. The normalized spacial score (nSPS) is 10.6. The number of anilines is 2. The minimum Gasteiger partial charge on any atom is -0.478 e. The molecule has 0 aromatic heterocycles.